The number of nitrogens with one attached hydrogen (secondary N) is 1. The van der Waals surface area contributed by atoms with Gasteiger partial charge in [0.15, 0.2) is 0 Å². The van der Waals surface area contributed by atoms with E-state index in [9.17, 15) is 0 Å². The van der Waals surface area contributed by atoms with E-state index in [0.717, 1.165) is 17.8 Å². The third kappa shape index (κ3) is 2.98. The zero-order valence-corrected chi connectivity index (χ0v) is 12.0. The molecule has 0 fully saturated rings. The van der Waals surface area contributed by atoms with Crippen LogP contribution in [0.15, 0.2) is 24.4 Å². The maximum absolute atomic E-state index is 9.06. The highest BCUT2D eigenvalue weighted by Crippen LogP contribution is 2.18. The van der Waals surface area contributed by atoms with Gasteiger partial charge in [-0.15, -0.1) is 0 Å². The van der Waals surface area contributed by atoms with E-state index < -0.39 is 0 Å². The predicted octanol–water partition coefficient (Wildman–Crippen LogP) is 1.90. The summed E-state index contributed by atoms with van der Waals surface area (Å²) in [5.74, 6) is 0.611. The molecule has 0 aliphatic carbocycles. The molecule has 0 spiro atoms. The number of hydrogen-bond acceptors (Lipinski definition) is 4. The molecular weight excluding hydrogens is 252 g/mol. The normalized spacial score (nSPS) is 10.3. The van der Waals surface area contributed by atoms with Crippen LogP contribution in [0.25, 0.3) is 0 Å². The molecule has 20 heavy (non-hydrogen) atoms. The van der Waals surface area contributed by atoms with Crippen molar-refractivity contribution in [1.82, 2.24) is 15.1 Å². The summed E-state index contributed by atoms with van der Waals surface area (Å²) in [5.41, 5.74) is 3.96. The number of benzene rings is 1. The fourth-order valence-corrected chi connectivity index (χ4v) is 2.01. The van der Waals surface area contributed by atoms with E-state index in [1.54, 1.807) is 7.11 Å². The number of hydrogen-bond donors (Lipinski definition) is 1. The summed E-state index contributed by atoms with van der Waals surface area (Å²) in [6.45, 7) is 3.51. The van der Waals surface area contributed by atoms with Gasteiger partial charge in [0.25, 0.3) is 0 Å². The van der Waals surface area contributed by atoms with E-state index in [4.69, 9.17) is 10.00 Å². The number of nitriles is 1. The van der Waals surface area contributed by atoms with Crippen LogP contribution in [-0.4, -0.2) is 16.9 Å². The average Bonchev–Trinajstić information content (AvgIpc) is 2.79. The Balaban J connectivity index is 1.98. The van der Waals surface area contributed by atoms with Crippen LogP contribution in [0.3, 0.4) is 0 Å². The Labute approximate surface area is 118 Å². The average molecular weight is 270 g/mol. The second kappa shape index (κ2) is 6.22. The lowest BCUT2D eigenvalue weighted by Gasteiger charge is -2.07. The molecule has 1 aromatic heterocycles. The first kappa shape index (κ1) is 14.1. The van der Waals surface area contributed by atoms with Crippen molar-refractivity contribution in [1.29, 1.82) is 5.26 Å². The number of methoxy groups -OCH3 is 1. The van der Waals surface area contributed by atoms with Crippen LogP contribution in [0, 0.1) is 18.3 Å². The molecule has 1 heterocycles. The topological polar surface area (TPSA) is 62.9 Å². The maximum atomic E-state index is 9.06. The van der Waals surface area contributed by atoms with Crippen molar-refractivity contribution < 1.29 is 4.74 Å². The van der Waals surface area contributed by atoms with Crippen molar-refractivity contribution in [2.45, 2.75) is 20.0 Å². The fourth-order valence-electron chi connectivity index (χ4n) is 2.01. The van der Waals surface area contributed by atoms with Crippen molar-refractivity contribution in [3.63, 3.8) is 0 Å². The monoisotopic (exact) mass is 270 g/mol. The van der Waals surface area contributed by atoms with Gasteiger partial charge in [-0.05, 0) is 24.6 Å². The third-order valence-corrected chi connectivity index (χ3v) is 3.37. The van der Waals surface area contributed by atoms with Crippen LogP contribution in [0.1, 0.15) is 22.4 Å². The van der Waals surface area contributed by atoms with E-state index in [2.05, 4.69) is 16.5 Å². The molecule has 0 amide bonds. The first-order valence-electron chi connectivity index (χ1n) is 6.41. The van der Waals surface area contributed by atoms with Crippen molar-refractivity contribution in [2.24, 2.45) is 7.05 Å². The molecule has 2 aromatic rings. The third-order valence-electron chi connectivity index (χ3n) is 3.37. The number of rotatable bonds is 5. The van der Waals surface area contributed by atoms with Gasteiger partial charge in [0.05, 0.1) is 18.9 Å². The minimum absolute atomic E-state index is 0.560. The number of aromatic nitrogens is 2. The molecule has 0 aliphatic heterocycles. The summed E-state index contributed by atoms with van der Waals surface area (Å²) < 4.78 is 6.99. The first-order chi connectivity index (χ1) is 9.65. The van der Waals surface area contributed by atoms with Gasteiger partial charge in [0.2, 0.25) is 0 Å². The summed E-state index contributed by atoms with van der Waals surface area (Å²) in [6, 6.07) is 7.78. The predicted molar refractivity (Wildman–Crippen MR) is 76.2 cm³/mol. The Kier molecular flexibility index (Phi) is 4.38. The number of aryl methyl sites for hydroxylation is 1. The molecular formula is C15H18N4O. The van der Waals surface area contributed by atoms with Gasteiger partial charge in [-0.25, -0.2) is 0 Å². The maximum Gasteiger partial charge on any atom is 0.136 e. The molecule has 0 atom stereocenters. The Bertz CT molecular complexity index is 640. The molecule has 0 aliphatic rings. The van der Waals surface area contributed by atoms with Gasteiger partial charge in [0, 0.05) is 31.4 Å². The second-order valence-electron chi connectivity index (χ2n) is 4.63. The van der Waals surface area contributed by atoms with Gasteiger partial charge in [-0.1, -0.05) is 6.07 Å². The zero-order valence-electron chi connectivity index (χ0n) is 12.0. The molecule has 1 N–H and O–H groups in total. The van der Waals surface area contributed by atoms with Gasteiger partial charge >= 0.3 is 0 Å². The number of nitrogens with zero attached hydrogens (tertiary/aromatic N) is 3. The van der Waals surface area contributed by atoms with Crippen molar-refractivity contribution in [2.75, 3.05) is 7.11 Å². The minimum atomic E-state index is 0.560. The molecule has 5 heteroatoms. The zero-order chi connectivity index (χ0) is 14.5. The molecule has 2 rings (SSSR count). The lowest BCUT2D eigenvalue weighted by atomic mass is 10.1. The van der Waals surface area contributed by atoms with Crippen LogP contribution in [0.4, 0.5) is 0 Å². The smallest absolute Gasteiger partial charge is 0.136 e. The second-order valence-corrected chi connectivity index (χ2v) is 4.63. The van der Waals surface area contributed by atoms with Crippen LogP contribution >= 0.6 is 0 Å². The summed E-state index contributed by atoms with van der Waals surface area (Å²) in [7, 11) is 3.50. The van der Waals surface area contributed by atoms with Crippen molar-refractivity contribution in [3.05, 3.63) is 46.8 Å². The SMILES string of the molecule is COc1ccc(CNCc2cnn(C)c2C)cc1C#N. The molecule has 104 valence electrons. The van der Waals surface area contributed by atoms with Gasteiger partial charge in [0.1, 0.15) is 11.8 Å². The Morgan fingerprint density at radius 1 is 1.40 bits per heavy atom. The quantitative estimate of drug-likeness (QED) is 0.901. The minimum Gasteiger partial charge on any atom is -0.495 e. The standard InChI is InChI=1S/C15H18N4O/c1-11-14(10-18-19(11)2)9-17-8-12-4-5-15(20-3)13(6-12)7-16/h4-6,10,17H,8-9H2,1-3H3. The van der Waals surface area contributed by atoms with E-state index in [1.807, 2.05) is 43.0 Å². The molecule has 0 saturated heterocycles. The van der Waals surface area contributed by atoms with Gasteiger partial charge in [-0.2, -0.15) is 10.4 Å². The van der Waals surface area contributed by atoms with Crippen LogP contribution in [0.5, 0.6) is 5.75 Å². The van der Waals surface area contributed by atoms with Crippen molar-refractivity contribution in [3.8, 4) is 11.8 Å². The van der Waals surface area contributed by atoms with E-state index in [0.29, 0.717) is 17.9 Å². The first-order valence-corrected chi connectivity index (χ1v) is 6.41. The van der Waals surface area contributed by atoms with E-state index in [1.165, 1.54) is 5.56 Å². The molecule has 0 bridgehead atoms. The summed E-state index contributed by atoms with van der Waals surface area (Å²) >= 11 is 0. The Morgan fingerprint density at radius 2 is 2.20 bits per heavy atom. The highest BCUT2D eigenvalue weighted by molar-refractivity contribution is 5.45. The van der Waals surface area contributed by atoms with E-state index >= 15 is 0 Å². The van der Waals surface area contributed by atoms with Crippen LogP contribution < -0.4 is 10.1 Å². The van der Waals surface area contributed by atoms with Crippen LogP contribution in [0.2, 0.25) is 0 Å². The van der Waals surface area contributed by atoms with Gasteiger partial charge < -0.3 is 10.1 Å². The molecule has 0 unspecified atom stereocenters. The Morgan fingerprint density at radius 3 is 2.80 bits per heavy atom. The molecule has 1 aromatic carbocycles. The lowest BCUT2D eigenvalue weighted by Crippen LogP contribution is -2.13. The molecule has 5 nitrogen and oxygen atoms in total. The van der Waals surface area contributed by atoms with Crippen LogP contribution in [-0.2, 0) is 20.1 Å². The Hall–Kier alpha value is -2.32. The summed E-state index contributed by atoms with van der Waals surface area (Å²) in [4.78, 5) is 0. The fraction of sp³-hybridized carbons (Fsp3) is 0.333. The van der Waals surface area contributed by atoms with E-state index in [-0.39, 0.29) is 0 Å². The summed E-state index contributed by atoms with van der Waals surface area (Å²) in [6.07, 6.45) is 1.87. The summed E-state index contributed by atoms with van der Waals surface area (Å²) in [5, 5.41) is 16.6. The van der Waals surface area contributed by atoms with Gasteiger partial charge in [-0.3, -0.25) is 4.68 Å². The van der Waals surface area contributed by atoms with Crippen molar-refractivity contribution >= 4 is 0 Å². The number of ether oxygens (including phenoxy) is 1. The molecule has 0 radical (unpaired) electrons. The highest BCUT2D eigenvalue weighted by atomic mass is 16.5. The molecule has 0 saturated carbocycles. The lowest BCUT2D eigenvalue weighted by molar-refractivity contribution is 0.413. The highest BCUT2D eigenvalue weighted by Gasteiger charge is 2.05. The largest absolute Gasteiger partial charge is 0.495 e.